The van der Waals surface area contributed by atoms with E-state index in [1.54, 1.807) is 0 Å². The lowest BCUT2D eigenvalue weighted by Gasteiger charge is -2.27. The second kappa shape index (κ2) is 8.46. The molecule has 1 fully saturated rings. The first-order valence-corrected chi connectivity index (χ1v) is 8.60. The van der Waals surface area contributed by atoms with Crippen LogP contribution in [0.4, 0.5) is 0 Å². The first kappa shape index (κ1) is 15.6. The van der Waals surface area contributed by atoms with Gasteiger partial charge < -0.3 is 5.32 Å². The molecule has 1 N–H and O–H groups in total. The van der Waals surface area contributed by atoms with E-state index in [9.17, 15) is 0 Å². The minimum absolute atomic E-state index is 0.493. The van der Waals surface area contributed by atoms with E-state index in [-0.39, 0.29) is 0 Å². The van der Waals surface area contributed by atoms with Gasteiger partial charge in [-0.15, -0.1) is 0 Å². The minimum Gasteiger partial charge on any atom is -0.309 e. The van der Waals surface area contributed by atoms with Crippen molar-refractivity contribution in [3.05, 3.63) is 18.0 Å². The van der Waals surface area contributed by atoms with Crippen LogP contribution in [0.3, 0.4) is 0 Å². The maximum atomic E-state index is 4.50. The van der Waals surface area contributed by atoms with Crippen LogP contribution >= 0.6 is 0 Å². The van der Waals surface area contributed by atoms with Gasteiger partial charge in [0.1, 0.15) is 0 Å². The fourth-order valence-electron chi connectivity index (χ4n) is 3.42. The summed E-state index contributed by atoms with van der Waals surface area (Å²) in [5.74, 6) is 0.906. The van der Waals surface area contributed by atoms with Crippen LogP contribution in [0, 0.1) is 5.92 Å². The molecule has 1 saturated carbocycles. The van der Waals surface area contributed by atoms with E-state index in [4.69, 9.17) is 0 Å². The van der Waals surface area contributed by atoms with Crippen molar-refractivity contribution < 1.29 is 0 Å². The highest BCUT2D eigenvalue weighted by Gasteiger charge is 2.22. The van der Waals surface area contributed by atoms with E-state index in [1.165, 1.54) is 50.6 Å². The molecule has 0 spiro atoms. The van der Waals surface area contributed by atoms with Crippen molar-refractivity contribution >= 4 is 0 Å². The third-order valence-electron chi connectivity index (χ3n) is 4.48. The molecule has 0 saturated heterocycles. The molecule has 3 heteroatoms. The molecule has 1 heterocycles. The quantitative estimate of drug-likeness (QED) is 0.767. The third kappa shape index (κ3) is 4.34. The molecule has 1 aliphatic carbocycles. The predicted octanol–water partition coefficient (Wildman–Crippen LogP) is 4.30. The lowest BCUT2D eigenvalue weighted by atomic mass is 9.84. The zero-order chi connectivity index (χ0) is 14.2. The van der Waals surface area contributed by atoms with Gasteiger partial charge in [-0.3, -0.25) is 4.68 Å². The van der Waals surface area contributed by atoms with E-state index in [2.05, 4.69) is 35.0 Å². The van der Waals surface area contributed by atoms with Crippen LogP contribution in [0.5, 0.6) is 0 Å². The lowest BCUT2D eigenvalue weighted by molar-refractivity contribution is 0.292. The highest BCUT2D eigenvalue weighted by molar-refractivity contribution is 5.07. The van der Waals surface area contributed by atoms with E-state index >= 15 is 0 Å². The standard InChI is InChI=1S/C17H31N3/c1-3-11-18-16(14-15-8-6-5-7-9-15)17-10-12-19-20(17)13-4-2/h10,12,15-16,18H,3-9,11,13-14H2,1-2H3. The molecule has 1 aromatic rings. The first-order valence-electron chi connectivity index (χ1n) is 8.60. The molecule has 1 aromatic heterocycles. The summed E-state index contributed by atoms with van der Waals surface area (Å²) in [6.45, 7) is 6.61. The largest absolute Gasteiger partial charge is 0.309 e. The second-order valence-corrected chi connectivity index (χ2v) is 6.23. The van der Waals surface area contributed by atoms with Crippen molar-refractivity contribution in [2.24, 2.45) is 5.92 Å². The van der Waals surface area contributed by atoms with Crippen LogP contribution < -0.4 is 5.32 Å². The topological polar surface area (TPSA) is 29.9 Å². The Balaban J connectivity index is 2.02. The Labute approximate surface area is 124 Å². The maximum absolute atomic E-state index is 4.50. The first-order chi connectivity index (χ1) is 9.85. The van der Waals surface area contributed by atoms with Gasteiger partial charge in [0.15, 0.2) is 0 Å². The summed E-state index contributed by atoms with van der Waals surface area (Å²) in [5, 5.41) is 8.26. The highest BCUT2D eigenvalue weighted by Crippen LogP contribution is 2.31. The van der Waals surface area contributed by atoms with Gasteiger partial charge in [-0.25, -0.2) is 0 Å². The van der Waals surface area contributed by atoms with Crippen LogP contribution in [0.2, 0.25) is 0 Å². The van der Waals surface area contributed by atoms with Gasteiger partial charge in [0.2, 0.25) is 0 Å². The van der Waals surface area contributed by atoms with Crippen LogP contribution in [0.1, 0.15) is 76.9 Å². The van der Waals surface area contributed by atoms with Crippen LogP contribution in [-0.2, 0) is 6.54 Å². The fraction of sp³-hybridized carbons (Fsp3) is 0.824. The zero-order valence-electron chi connectivity index (χ0n) is 13.3. The van der Waals surface area contributed by atoms with Crippen molar-refractivity contribution in [2.45, 2.75) is 77.8 Å². The number of nitrogens with zero attached hydrogens (tertiary/aromatic N) is 2. The molecule has 0 aliphatic heterocycles. The minimum atomic E-state index is 0.493. The summed E-state index contributed by atoms with van der Waals surface area (Å²) in [4.78, 5) is 0. The summed E-state index contributed by atoms with van der Waals surface area (Å²) in [7, 11) is 0. The number of rotatable bonds is 8. The van der Waals surface area contributed by atoms with Crippen molar-refractivity contribution in [1.29, 1.82) is 0 Å². The average molecular weight is 277 g/mol. The van der Waals surface area contributed by atoms with Gasteiger partial charge in [-0.05, 0) is 37.8 Å². The molecule has 0 amide bonds. The number of hydrogen-bond donors (Lipinski definition) is 1. The maximum Gasteiger partial charge on any atom is 0.0553 e. The monoisotopic (exact) mass is 277 g/mol. The number of aromatic nitrogens is 2. The molecular weight excluding hydrogens is 246 g/mol. The van der Waals surface area contributed by atoms with Crippen molar-refractivity contribution in [3.8, 4) is 0 Å². The normalized spacial score (nSPS) is 18.3. The number of hydrogen-bond acceptors (Lipinski definition) is 2. The number of aryl methyl sites for hydroxylation is 1. The predicted molar refractivity (Wildman–Crippen MR) is 84.7 cm³/mol. The summed E-state index contributed by atoms with van der Waals surface area (Å²) < 4.78 is 2.20. The molecule has 1 atom stereocenters. The molecular formula is C17H31N3. The Kier molecular flexibility index (Phi) is 6.58. The Morgan fingerprint density at radius 2 is 2.05 bits per heavy atom. The fourth-order valence-corrected chi connectivity index (χ4v) is 3.42. The van der Waals surface area contributed by atoms with E-state index in [0.717, 1.165) is 25.4 Å². The van der Waals surface area contributed by atoms with E-state index < -0.39 is 0 Å². The van der Waals surface area contributed by atoms with Crippen molar-refractivity contribution in [1.82, 2.24) is 15.1 Å². The molecule has 2 rings (SSSR count). The third-order valence-corrected chi connectivity index (χ3v) is 4.48. The van der Waals surface area contributed by atoms with Crippen LogP contribution in [-0.4, -0.2) is 16.3 Å². The van der Waals surface area contributed by atoms with E-state index in [1.807, 2.05) is 6.20 Å². The summed E-state index contributed by atoms with van der Waals surface area (Å²) in [6.07, 6.45) is 12.7. The van der Waals surface area contributed by atoms with Gasteiger partial charge in [-0.2, -0.15) is 5.10 Å². The summed E-state index contributed by atoms with van der Waals surface area (Å²) in [6, 6.07) is 2.71. The molecule has 3 nitrogen and oxygen atoms in total. The SMILES string of the molecule is CCCNC(CC1CCCCC1)c1ccnn1CCC. The highest BCUT2D eigenvalue weighted by atomic mass is 15.3. The van der Waals surface area contributed by atoms with Crippen LogP contribution in [0.15, 0.2) is 12.3 Å². The Hall–Kier alpha value is -0.830. The molecule has 20 heavy (non-hydrogen) atoms. The Morgan fingerprint density at radius 1 is 1.25 bits per heavy atom. The molecule has 1 aliphatic rings. The van der Waals surface area contributed by atoms with Gasteiger partial charge in [0, 0.05) is 18.8 Å². The average Bonchev–Trinajstić information content (AvgIpc) is 2.93. The molecule has 1 unspecified atom stereocenters. The van der Waals surface area contributed by atoms with E-state index in [0.29, 0.717) is 6.04 Å². The second-order valence-electron chi connectivity index (χ2n) is 6.23. The smallest absolute Gasteiger partial charge is 0.0553 e. The lowest BCUT2D eigenvalue weighted by Crippen LogP contribution is -2.27. The van der Waals surface area contributed by atoms with Gasteiger partial charge in [0.05, 0.1) is 5.69 Å². The van der Waals surface area contributed by atoms with Gasteiger partial charge in [0.25, 0.3) is 0 Å². The van der Waals surface area contributed by atoms with Crippen LogP contribution in [0.25, 0.3) is 0 Å². The van der Waals surface area contributed by atoms with Gasteiger partial charge >= 0.3 is 0 Å². The van der Waals surface area contributed by atoms with Crippen molar-refractivity contribution in [3.63, 3.8) is 0 Å². The van der Waals surface area contributed by atoms with Gasteiger partial charge in [-0.1, -0.05) is 46.0 Å². The Morgan fingerprint density at radius 3 is 2.75 bits per heavy atom. The summed E-state index contributed by atoms with van der Waals surface area (Å²) >= 11 is 0. The Bertz CT molecular complexity index is 366. The summed E-state index contributed by atoms with van der Waals surface area (Å²) in [5.41, 5.74) is 1.39. The molecule has 0 bridgehead atoms. The zero-order valence-corrected chi connectivity index (χ0v) is 13.3. The molecule has 114 valence electrons. The van der Waals surface area contributed by atoms with Crippen molar-refractivity contribution in [2.75, 3.05) is 6.54 Å². The molecule has 0 radical (unpaired) electrons. The molecule has 0 aromatic carbocycles. The number of nitrogens with one attached hydrogen (secondary N) is 1.